The molecule has 0 unspecified atom stereocenters. The average Bonchev–Trinajstić information content (AvgIpc) is 2.53. The van der Waals surface area contributed by atoms with Crippen LogP contribution in [0.2, 0.25) is 0 Å². The Morgan fingerprint density at radius 3 is 2.54 bits per heavy atom. The highest BCUT2D eigenvalue weighted by molar-refractivity contribution is 6.07. The van der Waals surface area contributed by atoms with Crippen molar-refractivity contribution in [1.29, 1.82) is 0 Å². The molecule has 1 aliphatic carbocycles. The topological polar surface area (TPSA) is 96.1 Å². The molecule has 0 spiro atoms. The summed E-state index contributed by atoms with van der Waals surface area (Å²) in [6, 6.07) is 7.83. The number of hydrogen-bond donors (Lipinski definition) is 2. The fourth-order valence-corrected chi connectivity index (χ4v) is 3.21. The second-order valence-corrected chi connectivity index (χ2v) is 7.44. The van der Waals surface area contributed by atoms with Crippen molar-refractivity contribution >= 4 is 23.2 Å². The van der Waals surface area contributed by atoms with Crippen LogP contribution in [0.1, 0.15) is 64.0 Å². The maximum Gasteiger partial charge on any atom is 0.261 e. The van der Waals surface area contributed by atoms with E-state index in [-0.39, 0.29) is 22.5 Å². The Morgan fingerprint density at radius 1 is 1.12 bits per heavy atom. The van der Waals surface area contributed by atoms with Crippen molar-refractivity contribution in [2.24, 2.45) is 5.41 Å². The van der Waals surface area contributed by atoms with E-state index in [9.17, 15) is 19.2 Å². The molecule has 26 heavy (non-hydrogen) atoms. The SMILES string of the molecule is CC(=O)c1cccc(NC(=O)c2cc3c([nH]c2=O)CC(C)(C)CC3=O)c1. The highest BCUT2D eigenvalue weighted by atomic mass is 16.2. The molecule has 1 amide bonds. The molecule has 0 radical (unpaired) electrons. The molecule has 134 valence electrons. The van der Waals surface area contributed by atoms with E-state index >= 15 is 0 Å². The van der Waals surface area contributed by atoms with Crippen molar-refractivity contribution in [3.63, 3.8) is 0 Å². The number of fused-ring (bicyclic) bond motifs is 1. The highest BCUT2D eigenvalue weighted by Gasteiger charge is 2.32. The molecule has 0 saturated carbocycles. The van der Waals surface area contributed by atoms with Gasteiger partial charge in [-0.1, -0.05) is 26.0 Å². The standard InChI is InChI=1S/C20H20N2O4/c1-11(23)12-5-4-6-13(7-12)21-18(25)15-8-14-16(22-19(15)26)9-20(2,3)10-17(14)24/h4-8H,9-10H2,1-3H3,(H,21,25)(H,22,26). The van der Waals surface area contributed by atoms with Gasteiger partial charge in [-0.25, -0.2) is 0 Å². The monoisotopic (exact) mass is 352 g/mol. The number of carbonyl (C=O) groups excluding carboxylic acids is 3. The Kier molecular flexibility index (Phi) is 4.36. The van der Waals surface area contributed by atoms with Crippen LogP contribution in [0.4, 0.5) is 5.69 Å². The van der Waals surface area contributed by atoms with Gasteiger partial charge in [0.1, 0.15) is 5.56 Å². The summed E-state index contributed by atoms with van der Waals surface area (Å²) in [5.41, 5.74) is 0.966. The summed E-state index contributed by atoms with van der Waals surface area (Å²) in [5, 5.41) is 2.61. The van der Waals surface area contributed by atoms with Crippen LogP contribution in [0, 0.1) is 5.41 Å². The normalized spacial score (nSPS) is 15.3. The van der Waals surface area contributed by atoms with Gasteiger partial charge in [0.2, 0.25) is 0 Å². The van der Waals surface area contributed by atoms with Crippen LogP contribution in [0.25, 0.3) is 0 Å². The second kappa shape index (κ2) is 6.37. The quantitative estimate of drug-likeness (QED) is 0.830. The number of carbonyl (C=O) groups is 3. The zero-order valence-corrected chi connectivity index (χ0v) is 14.9. The maximum absolute atomic E-state index is 12.5. The third-order valence-corrected chi connectivity index (χ3v) is 4.49. The predicted molar refractivity (Wildman–Crippen MR) is 97.9 cm³/mol. The van der Waals surface area contributed by atoms with E-state index in [1.807, 2.05) is 13.8 Å². The molecule has 2 aromatic rings. The molecule has 1 aliphatic rings. The van der Waals surface area contributed by atoms with Gasteiger partial charge in [-0.3, -0.25) is 19.2 Å². The smallest absolute Gasteiger partial charge is 0.261 e. The maximum atomic E-state index is 12.5. The van der Waals surface area contributed by atoms with Crippen LogP contribution < -0.4 is 10.9 Å². The molecule has 0 saturated heterocycles. The molecule has 3 rings (SSSR count). The molecule has 0 fully saturated rings. The van der Waals surface area contributed by atoms with Crippen LogP contribution in [-0.2, 0) is 6.42 Å². The largest absolute Gasteiger partial charge is 0.325 e. The minimum atomic E-state index is -0.618. The lowest BCUT2D eigenvalue weighted by atomic mass is 9.75. The number of benzene rings is 1. The van der Waals surface area contributed by atoms with E-state index < -0.39 is 11.5 Å². The highest BCUT2D eigenvalue weighted by Crippen LogP contribution is 2.33. The van der Waals surface area contributed by atoms with Gasteiger partial charge in [0.05, 0.1) is 0 Å². The molecule has 0 aliphatic heterocycles. The first-order valence-corrected chi connectivity index (χ1v) is 8.38. The Hall–Kier alpha value is -3.02. The molecular formula is C20H20N2O4. The number of pyridine rings is 1. The summed E-state index contributed by atoms with van der Waals surface area (Å²) in [6.45, 7) is 5.37. The van der Waals surface area contributed by atoms with Gasteiger partial charge in [0.25, 0.3) is 11.5 Å². The average molecular weight is 352 g/mol. The number of hydrogen-bond acceptors (Lipinski definition) is 4. The molecule has 1 aromatic heterocycles. The number of amides is 1. The van der Waals surface area contributed by atoms with E-state index in [4.69, 9.17) is 0 Å². The van der Waals surface area contributed by atoms with E-state index in [1.54, 1.807) is 24.3 Å². The van der Waals surface area contributed by atoms with Gasteiger partial charge in [-0.05, 0) is 37.0 Å². The minimum absolute atomic E-state index is 0.0832. The Morgan fingerprint density at radius 2 is 1.85 bits per heavy atom. The first kappa shape index (κ1) is 17.8. The number of Topliss-reactive ketones (excluding diaryl/α,β-unsaturated/α-hetero) is 2. The molecule has 1 aromatic carbocycles. The van der Waals surface area contributed by atoms with E-state index in [0.29, 0.717) is 35.3 Å². The number of nitrogens with one attached hydrogen (secondary N) is 2. The van der Waals surface area contributed by atoms with E-state index in [1.165, 1.54) is 13.0 Å². The summed E-state index contributed by atoms with van der Waals surface area (Å²) < 4.78 is 0. The van der Waals surface area contributed by atoms with Gasteiger partial charge >= 0.3 is 0 Å². The number of rotatable bonds is 3. The van der Waals surface area contributed by atoms with Gasteiger partial charge in [-0.15, -0.1) is 0 Å². The number of ketones is 2. The molecular weight excluding hydrogens is 332 g/mol. The fraction of sp³-hybridized carbons (Fsp3) is 0.300. The summed E-state index contributed by atoms with van der Waals surface area (Å²) in [7, 11) is 0. The first-order chi connectivity index (χ1) is 12.2. The number of aromatic amines is 1. The van der Waals surface area contributed by atoms with Crippen molar-refractivity contribution in [3.8, 4) is 0 Å². The van der Waals surface area contributed by atoms with E-state index in [0.717, 1.165) is 0 Å². The molecule has 2 N–H and O–H groups in total. The van der Waals surface area contributed by atoms with Crippen LogP contribution in [0.3, 0.4) is 0 Å². The lowest BCUT2D eigenvalue weighted by Gasteiger charge is -2.29. The zero-order valence-electron chi connectivity index (χ0n) is 14.9. The zero-order chi connectivity index (χ0) is 19.1. The summed E-state index contributed by atoms with van der Waals surface area (Å²) >= 11 is 0. The summed E-state index contributed by atoms with van der Waals surface area (Å²) in [5.74, 6) is -0.826. The van der Waals surface area contributed by atoms with Crippen LogP contribution >= 0.6 is 0 Å². The summed E-state index contributed by atoms with van der Waals surface area (Å²) in [6.07, 6.45) is 0.944. The molecule has 1 heterocycles. The Balaban J connectivity index is 1.93. The minimum Gasteiger partial charge on any atom is -0.325 e. The van der Waals surface area contributed by atoms with Crippen molar-refractivity contribution in [2.75, 3.05) is 5.32 Å². The molecule has 0 bridgehead atoms. The number of aromatic nitrogens is 1. The van der Waals surface area contributed by atoms with Crippen molar-refractivity contribution in [1.82, 2.24) is 4.98 Å². The van der Waals surface area contributed by atoms with E-state index in [2.05, 4.69) is 10.3 Å². The van der Waals surface area contributed by atoms with Crippen molar-refractivity contribution < 1.29 is 14.4 Å². The first-order valence-electron chi connectivity index (χ1n) is 8.38. The Labute approximate surface area is 150 Å². The molecule has 6 nitrogen and oxygen atoms in total. The number of H-pyrrole nitrogens is 1. The summed E-state index contributed by atoms with van der Waals surface area (Å²) in [4.78, 5) is 51.4. The lowest BCUT2D eigenvalue weighted by Crippen LogP contribution is -2.32. The number of anilines is 1. The van der Waals surface area contributed by atoms with Crippen LogP contribution in [0.15, 0.2) is 35.1 Å². The van der Waals surface area contributed by atoms with Crippen LogP contribution in [-0.4, -0.2) is 22.5 Å². The second-order valence-electron chi connectivity index (χ2n) is 7.44. The third kappa shape index (κ3) is 3.49. The van der Waals surface area contributed by atoms with Gasteiger partial charge < -0.3 is 10.3 Å². The van der Waals surface area contributed by atoms with Gasteiger partial charge in [-0.2, -0.15) is 0 Å². The predicted octanol–water partition coefficient (Wildman–Crippen LogP) is 2.98. The van der Waals surface area contributed by atoms with Gasteiger partial charge in [0.15, 0.2) is 11.6 Å². The molecule has 6 heteroatoms. The fourth-order valence-electron chi connectivity index (χ4n) is 3.21. The van der Waals surface area contributed by atoms with Gasteiger partial charge in [0, 0.05) is 28.9 Å². The third-order valence-electron chi connectivity index (χ3n) is 4.49. The molecule has 0 atom stereocenters. The van der Waals surface area contributed by atoms with Crippen molar-refractivity contribution in [3.05, 3.63) is 63.1 Å². The lowest BCUT2D eigenvalue weighted by molar-refractivity contribution is 0.0909. The van der Waals surface area contributed by atoms with Crippen LogP contribution in [0.5, 0.6) is 0 Å². The van der Waals surface area contributed by atoms with Crippen molar-refractivity contribution in [2.45, 2.75) is 33.6 Å². The Bertz CT molecular complexity index is 986.